The van der Waals surface area contributed by atoms with Gasteiger partial charge in [0, 0.05) is 23.4 Å². The van der Waals surface area contributed by atoms with E-state index in [0.717, 1.165) is 17.1 Å². The number of rotatable bonds is 2. The van der Waals surface area contributed by atoms with Gasteiger partial charge in [0.25, 0.3) is 0 Å². The summed E-state index contributed by atoms with van der Waals surface area (Å²) in [5.74, 6) is -0.787. The molecule has 0 aliphatic carbocycles. The Balaban J connectivity index is 1.94. The molecule has 0 saturated carbocycles. The molecule has 2 bridgehead atoms. The fraction of sp³-hybridized carbons (Fsp3) is 0.636. The van der Waals surface area contributed by atoms with Crippen molar-refractivity contribution in [3.05, 3.63) is 15.6 Å². The van der Waals surface area contributed by atoms with E-state index in [1.807, 2.05) is 0 Å². The van der Waals surface area contributed by atoms with Crippen molar-refractivity contribution < 1.29 is 9.90 Å². The third-order valence-corrected chi connectivity index (χ3v) is 4.85. The van der Waals surface area contributed by atoms with E-state index in [4.69, 9.17) is 5.11 Å². The molecule has 1 saturated heterocycles. The van der Waals surface area contributed by atoms with Crippen LogP contribution in [0, 0.1) is 0 Å². The molecule has 3 rings (SSSR count). The van der Waals surface area contributed by atoms with Crippen LogP contribution in [-0.2, 0) is 17.6 Å². The van der Waals surface area contributed by atoms with Crippen molar-refractivity contribution in [2.45, 2.75) is 37.8 Å². The molecule has 1 aromatic rings. The average molecular weight is 238 g/mol. The Labute approximate surface area is 97.9 Å². The van der Waals surface area contributed by atoms with E-state index in [-0.39, 0.29) is 6.42 Å². The van der Waals surface area contributed by atoms with E-state index in [9.17, 15) is 4.79 Å². The number of hydrogen-bond donors (Lipinski definition) is 1. The van der Waals surface area contributed by atoms with Gasteiger partial charge in [-0.05, 0) is 19.9 Å². The fourth-order valence-electron chi connectivity index (χ4n) is 2.82. The van der Waals surface area contributed by atoms with Crippen LogP contribution in [0.1, 0.15) is 34.5 Å². The average Bonchev–Trinajstić information content (AvgIpc) is 2.68. The number of carbonyl (C=O) groups is 1. The Kier molecular flexibility index (Phi) is 2.26. The van der Waals surface area contributed by atoms with Crippen molar-refractivity contribution in [1.82, 2.24) is 9.88 Å². The lowest BCUT2D eigenvalue weighted by molar-refractivity contribution is -0.136. The number of nitrogens with zero attached hydrogens (tertiary/aromatic N) is 2. The number of aromatic nitrogens is 1. The van der Waals surface area contributed by atoms with E-state index in [1.165, 1.54) is 17.7 Å². The van der Waals surface area contributed by atoms with Gasteiger partial charge in [0.05, 0.1) is 12.1 Å². The van der Waals surface area contributed by atoms with Crippen LogP contribution < -0.4 is 0 Å². The molecule has 2 aliphatic heterocycles. The third kappa shape index (κ3) is 1.46. The first kappa shape index (κ1) is 10.2. The lowest BCUT2D eigenvalue weighted by Gasteiger charge is -2.29. The second kappa shape index (κ2) is 3.53. The highest BCUT2D eigenvalue weighted by Crippen LogP contribution is 2.44. The standard InChI is InChI=1S/C11H14N2O2S/c1-13-6-2-3-8(13)11-7(4-6)12-9(16-11)5-10(14)15/h6,8H,2-5H2,1H3,(H,14,15). The SMILES string of the molecule is CN1C2CCC1c1sc(CC(=O)O)nc1C2. The van der Waals surface area contributed by atoms with Crippen molar-refractivity contribution >= 4 is 17.3 Å². The first-order valence-electron chi connectivity index (χ1n) is 5.57. The van der Waals surface area contributed by atoms with E-state index in [1.54, 1.807) is 11.3 Å². The van der Waals surface area contributed by atoms with Crippen LogP contribution in [0.25, 0.3) is 0 Å². The molecule has 2 atom stereocenters. The summed E-state index contributed by atoms with van der Waals surface area (Å²) in [7, 11) is 2.17. The lowest BCUT2D eigenvalue weighted by atomic mass is 10.1. The molecule has 5 heteroatoms. The van der Waals surface area contributed by atoms with Crippen LogP contribution in [0.15, 0.2) is 0 Å². The second-order valence-electron chi connectivity index (χ2n) is 4.61. The summed E-state index contributed by atoms with van der Waals surface area (Å²) < 4.78 is 0. The highest BCUT2D eigenvalue weighted by atomic mass is 32.1. The fourth-order valence-corrected chi connectivity index (χ4v) is 4.10. The maximum absolute atomic E-state index is 10.7. The van der Waals surface area contributed by atoms with E-state index < -0.39 is 5.97 Å². The van der Waals surface area contributed by atoms with E-state index in [0.29, 0.717) is 12.1 Å². The van der Waals surface area contributed by atoms with Gasteiger partial charge in [-0.3, -0.25) is 9.69 Å². The quantitative estimate of drug-likeness (QED) is 0.847. The maximum Gasteiger partial charge on any atom is 0.310 e. The molecule has 0 amide bonds. The van der Waals surface area contributed by atoms with Gasteiger partial charge in [0.1, 0.15) is 5.01 Å². The molecule has 0 radical (unpaired) electrons. The number of fused-ring (bicyclic) bond motifs is 4. The molecule has 0 spiro atoms. The van der Waals surface area contributed by atoms with Crippen LogP contribution in [-0.4, -0.2) is 34.0 Å². The molecule has 86 valence electrons. The van der Waals surface area contributed by atoms with Gasteiger partial charge in [-0.1, -0.05) is 0 Å². The zero-order chi connectivity index (χ0) is 11.3. The summed E-state index contributed by atoms with van der Waals surface area (Å²) in [6.07, 6.45) is 3.51. The number of carboxylic acid groups (broad SMARTS) is 1. The Hall–Kier alpha value is -0.940. The summed E-state index contributed by atoms with van der Waals surface area (Å²) in [5, 5.41) is 9.53. The van der Waals surface area contributed by atoms with Gasteiger partial charge in [-0.2, -0.15) is 0 Å². The van der Waals surface area contributed by atoms with Crippen LogP contribution in [0.2, 0.25) is 0 Å². The van der Waals surface area contributed by atoms with Crippen molar-refractivity contribution in [3.8, 4) is 0 Å². The van der Waals surface area contributed by atoms with Crippen LogP contribution >= 0.6 is 11.3 Å². The molecule has 4 nitrogen and oxygen atoms in total. The molecule has 0 aromatic carbocycles. The van der Waals surface area contributed by atoms with Crippen LogP contribution in [0.5, 0.6) is 0 Å². The van der Waals surface area contributed by atoms with Gasteiger partial charge in [-0.15, -0.1) is 11.3 Å². The summed E-state index contributed by atoms with van der Waals surface area (Å²) in [6, 6.07) is 1.12. The molecule has 1 N–H and O–H groups in total. The second-order valence-corrected chi connectivity index (χ2v) is 5.72. The smallest absolute Gasteiger partial charge is 0.310 e. The Bertz CT molecular complexity index is 443. The van der Waals surface area contributed by atoms with Gasteiger partial charge >= 0.3 is 5.97 Å². The van der Waals surface area contributed by atoms with Crippen LogP contribution in [0.4, 0.5) is 0 Å². The minimum Gasteiger partial charge on any atom is -0.481 e. The number of likely N-dealkylation sites (N-methyl/N-ethyl adjacent to an activating group) is 1. The summed E-state index contributed by atoms with van der Waals surface area (Å²) >= 11 is 1.59. The van der Waals surface area contributed by atoms with Crippen LogP contribution in [0.3, 0.4) is 0 Å². The molecular formula is C11H14N2O2S. The zero-order valence-electron chi connectivity index (χ0n) is 9.14. The molecule has 3 heterocycles. The minimum absolute atomic E-state index is 0.0682. The third-order valence-electron chi connectivity index (χ3n) is 3.65. The van der Waals surface area contributed by atoms with Crippen molar-refractivity contribution in [2.24, 2.45) is 0 Å². The highest BCUT2D eigenvalue weighted by molar-refractivity contribution is 7.12. The predicted octanol–water partition coefficient (Wildman–Crippen LogP) is 1.46. The lowest BCUT2D eigenvalue weighted by Crippen LogP contribution is -2.33. The molecule has 1 aromatic heterocycles. The number of carboxylic acids is 1. The van der Waals surface area contributed by atoms with E-state index >= 15 is 0 Å². The Morgan fingerprint density at radius 1 is 1.62 bits per heavy atom. The predicted molar refractivity (Wildman–Crippen MR) is 60.7 cm³/mol. The first-order valence-corrected chi connectivity index (χ1v) is 6.39. The Morgan fingerprint density at radius 2 is 2.44 bits per heavy atom. The molecule has 2 aliphatic rings. The highest BCUT2D eigenvalue weighted by Gasteiger charge is 2.39. The Morgan fingerprint density at radius 3 is 3.19 bits per heavy atom. The number of hydrogen-bond acceptors (Lipinski definition) is 4. The normalized spacial score (nSPS) is 28.1. The number of thiazole rings is 1. The monoisotopic (exact) mass is 238 g/mol. The summed E-state index contributed by atoms with van der Waals surface area (Å²) in [4.78, 5) is 18.9. The zero-order valence-corrected chi connectivity index (χ0v) is 9.96. The van der Waals surface area contributed by atoms with E-state index in [2.05, 4.69) is 16.9 Å². The van der Waals surface area contributed by atoms with Gasteiger partial charge in [-0.25, -0.2) is 4.98 Å². The minimum atomic E-state index is -0.787. The van der Waals surface area contributed by atoms with Crippen molar-refractivity contribution in [1.29, 1.82) is 0 Å². The first-order chi connectivity index (χ1) is 7.65. The maximum atomic E-state index is 10.7. The largest absolute Gasteiger partial charge is 0.481 e. The topological polar surface area (TPSA) is 53.4 Å². The van der Waals surface area contributed by atoms with Gasteiger partial charge < -0.3 is 5.11 Å². The van der Waals surface area contributed by atoms with Crippen molar-refractivity contribution in [3.63, 3.8) is 0 Å². The molecule has 16 heavy (non-hydrogen) atoms. The van der Waals surface area contributed by atoms with Crippen molar-refractivity contribution in [2.75, 3.05) is 7.05 Å². The number of aliphatic carboxylic acids is 1. The summed E-state index contributed by atoms with van der Waals surface area (Å²) in [6.45, 7) is 0. The summed E-state index contributed by atoms with van der Waals surface area (Å²) in [5.41, 5.74) is 1.16. The molecule has 2 unspecified atom stereocenters. The van der Waals surface area contributed by atoms with Gasteiger partial charge in [0.15, 0.2) is 0 Å². The van der Waals surface area contributed by atoms with Gasteiger partial charge in [0.2, 0.25) is 0 Å². The molecular weight excluding hydrogens is 224 g/mol. The molecule has 1 fully saturated rings.